The molecule has 206 valence electrons. The number of hydrogen-bond acceptors (Lipinski definition) is 7. The van der Waals surface area contributed by atoms with Gasteiger partial charge < -0.3 is 19.3 Å². The fourth-order valence-electron chi connectivity index (χ4n) is 6.53. The van der Waals surface area contributed by atoms with Crippen LogP contribution < -0.4 is 4.90 Å². The Kier molecular flexibility index (Phi) is 6.47. The Balaban J connectivity index is 1.06. The maximum atomic E-state index is 11.4. The molecular formula is C32H33N3O4S. The molecule has 3 aliphatic rings. The number of thiazole rings is 1. The number of aromatic nitrogens is 2. The molecule has 40 heavy (non-hydrogen) atoms. The molecule has 0 amide bonds. The van der Waals surface area contributed by atoms with Gasteiger partial charge in [-0.3, -0.25) is 0 Å². The quantitative estimate of drug-likeness (QED) is 0.243. The van der Waals surface area contributed by atoms with Gasteiger partial charge in [0.2, 0.25) is 0 Å². The molecule has 7 rings (SSSR count). The second kappa shape index (κ2) is 10.2. The molecule has 0 spiro atoms. The van der Waals surface area contributed by atoms with E-state index in [1.165, 1.54) is 5.56 Å². The summed E-state index contributed by atoms with van der Waals surface area (Å²) in [5.74, 6) is 0.592. The third-order valence-corrected chi connectivity index (χ3v) is 9.64. The van der Waals surface area contributed by atoms with Crippen molar-refractivity contribution in [3.05, 3.63) is 75.9 Å². The lowest BCUT2D eigenvalue weighted by atomic mass is 9.99. The summed E-state index contributed by atoms with van der Waals surface area (Å²) in [5, 5.41) is 17.0. The van der Waals surface area contributed by atoms with Gasteiger partial charge in [0, 0.05) is 40.1 Å². The Hall–Kier alpha value is -3.49. The van der Waals surface area contributed by atoms with Crippen LogP contribution in [0.3, 0.4) is 0 Å². The van der Waals surface area contributed by atoms with E-state index in [-0.39, 0.29) is 6.10 Å². The number of carboxylic acids is 1. The van der Waals surface area contributed by atoms with Crippen LogP contribution in [0.25, 0.3) is 22.5 Å². The first-order chi connectivity index (χ1) is 19.5. The van der Waals surface area contributed by atoms with E-state index in [1.54, 1.807) is 17.4 Å². The van der Waals surface area contributed by atoms with Crippen molar-refractivity contribution in [2.24, 2.45) is 0 Å². The van der Waals surface area contributed by atoms with E-state index < -0.39 is 5.97 Å². The average molecular weight is 556 g/mol. The van der Waals surface area contributed by atoms with Crippen molar-refractivity contribution >= 4 is 22.4 Å². The van der Waals surface area contributed by atoms with Crippen LogP contribution in [0.2, 0.25) is 0 Å². The highest BCUT2D eigenvalue weighted by Crippen LogP contribution is 2.46. The molecule has 3 atom stereocenters. The Labute approximate surface area is 237 Å². The van der Waals surface area contributed by atoms with Crippen molar-refractivity contribution in [1.82, 2.24) is 10.1 Å². The normalized spacial score (nSPS) is 22.1. The molecule has 0 unspecified atom stereocenters. The number of anilines is 1. The summed E-state index contributed by atoms with van der Waals surface area (Å²) >= 11 is 1.68. The largest absolute Gasteiger partial charge is 0.478 e. The highest BCUT2D eigenvalue weighted by atomic mass is 32.1. The number of hydrogen-bond donors (Lipinski definition) is 1. The van der Waals surface area contributed by atoms with E-state index in [0.29, 0.717) is 30.2 Å². The number of rotatable bonds is 8. The number of ether oxygens (including phenoxy) is 1. The minimum absolute atomic E-state index is 0.200. The third-order valence-electron chi connectivity index (χ3n) is 8.79. The second-order valence-electron chi connectivity index (χ2n) is 11.5. The van der Waals surface area contributed by atoms with Gasteiger partial charge >= 0.3 is 5.97 Å². The zero-order valence-electron chi connectivity index (χ0n) is 22.8. The third kappa shape index (κ3) is 4.63. The standard InChI is InChI=1S/C32H33N3O4S/c1-18-5-3-4-6-25(18)29-27(30(39-34-29)20-7-8-20)16-38-24-14-22-10-11-23(15-24)35(22)32-33-28(17-40-32)21-9-12-26(31(36)37)19(2)13-21/h3-6,9,12-13,17,20,22-24H,7-8,10-11,14-16H2,1-2H3,(H,36,37)/t22-,23+,24+. The molecule has 7 nitrogen and oxygen atoms in total. The number of aromatic carboxylic acids is 1. The summed E-state index contributed by atoms with van der Waals surface area (Å²) in [6, 6.07) is 14.6. The van der Waals surface area contributed by atoms with Crippen LogP contribution in [-0.2, 0) is 11.3 Å². The van der Waals surface area contributed by atoms with E-state index in [1.807, 2.05) is 19.1 Å². The molecule has 2 aromatic carbocycles. The van der Waals surface area contributed by atoms with Gasteiger partial charge in [0.25, 0.3) is 0 Å². The first kappa shape index (κ1) is 25.5. The number of fused-ring (bicyclic) bond motifs is 2. The first-order valence-corrected chi connectivity index (χ1v) is 15.1. The number of carbonyl (C=O) groups is 1. The van der Waals surface area contributed by atoms with Gasteiger partial charge in [-0.2, -0.15) is 0 Å². The molecule has 2 bridgehead atoms. The van der Waals surface area contributed by atoms with Gasteiger partial charge in [-0.15, -0.1) is 11.3 Å². The van der Waals surface area contributed by atoms with Gasteiger partial charge in [-0.25, -0.2) is 9.78 Å². The molecule has 4 aromatic rings. The number of piperidine rings is 1. The molecule has 2 aromatic heterocycles. The Morgan fingerprint density at radius 3 is 2.55 bits per heavy atom. The van der Waals surface area contributed by atoms with Crippen LogP contribution in [0.4, 0.5) is 5.13 Å². The number of nitrogens with zero attached hydrogens (tertiary/aromatic N) is 3. The van der Waals surface area contributed by atoms with Crippen molar-refractivity contribution in [3.8, 4) is 22.5 Å². The Morgan fingerprint density at radius 2 is 1.85 bits per heavy atom. The van der Waals surface area contributed by atoms with E-state index in [0.717, 1.165) is 83.1 Å². The number of aryl methyl sites for hydroxylation is 2. The van der Waals surface area contributed by atoms with Gasteiger partial charge in [0.05, 0.1) is 24.0 Å². The maximum Gasteiger partial charge on any atom is 0.335 e. The molecule has 3 fully saturated rings. The molecule has 8 heteroatoms. The fraction of sp³-hybridized carbons (Fsp3) is 0.406. The van der Waals surface area contributed by atoms with Crippen molar-refractivity contribution in [1.29, 1.82) is 0 Å². The van der Waals surface area contributed by atoms with Gasteiger partial charge in [0.15, 0.2) is 5.13 Å². The summed E-state index contributed by atoms with van der Waals surface area (Å²) in [6.45, 7) is 4.49. The maximum absolute atomic E-state index is 11.4. The monoisotopic (exact) mass is 555 g/mol. The summed E-state index contributed by atoms with van der Waals surface area (Å²) < 4.78 is 12.5. The first-order valence-electron chi connectivity index (χ1n) is 14.2. The van der Waals surface area contributed by atoms with Crippen LogP contribution in [0.1, 0.15) is 77.3 Å². The van der Waals surface area contributed by atoms with Crippen LogP contribution in [-0.4, -0.2) is 39.4 Å². The Bertz CT molecular complexity index is 1560. The summed E-state index contributed by atoms with van der Waals surface area (Å²) in [7, 11) is 0. The average Bonchev–Trinajstić information content (AvgIpc) is 3.40. The smallest absolute Gasteiger partial charge is 0.335 e. The zero-order chi connectivity index (χ0) is 27.4. The second-order valence-corrected chi connectivity index (χ2v) is 12.3. The van der Waals surface area contributed by atoms with Crippen molar-refractivity contribution in [3.63, 3.8) is 0 Å². The van der Waals surface area contributed by atoms with E-state index in [2.05, 4.69) is 46.6 Å². The minimum atomic E-state index is -0.899. The molecule has 1 saturated carbocycles. The number of carboxylic acid groups (broad SMARTS) is 1. The lowest BCUT2D eigenvalue weighted by Gasteiger charge is -2.38. The molecular weight excluding hydrogens is 522 g/mol. The molecule has 4 heterocycles. The van der Waals surface area contributed by atoms with Crippen molar-refractivity contribution < 1.29 is 19.2 Å². The minimum Gasteiger partial charge on any atom is -0.478 e. The summed E-state index contributed by atoms with van der Waals surface area (Å²) in [6.07, 6.45) is 6.81. The van der Waals surface area contributed by atoms with Gasteiger partial charge in [0.1, 0.15) is 11.5 Å². The SMILES string of the molecule is Cc1cc(-c2csc(N3[C@@H]4CC[C@H]3C[C@@H](OCc3c(-c5ccccc5C)noc3C3CC3)C4)n2)ccc1C(=O)O. The molecule has 2 saturated heterocycles. The fourth-order valence-corrected chi connectivity index (χ4v) is 7.51. The summed E-state index contributed by atoms with van der Waals surface area (Å²) in [4.78, 5) is 18.9. The lowest BCUT2D eigenvalue weighted by Crippen LogP contribution is -2.45. The highest BCUT2D eigenvalue weighted by molar-refractivity contribution is 7.14. The van der Waals surface area contributed by atoms with Crippen LogP contribution in [0.15, 0.2) is 52.4 Å². The van der Waals surface area contributed by atoms with Crippen LogP contribution in [0.5, 0.6) is 0 Å². The molecule has 1 aliphatic carbocycles. The predicted molar refractivity (Wildman–Crippen MR) is 155 cm³/mol. The lowest BCUT2D eigenvalue weighted by molar-refractivity contribution is 0.0147. The van der Waals surface area contributed by atoms with Crippen molar-refractivity contribution in [2.45, 2.75) is 83.1 Å². The van der Waals surface area contributed by atoms with Gasteiger partial charge in [-0.1, -0.05) is 35.5 Å². The predicted octanol–water partition coefficient (Wildman–Crippen LogP) is 7.37. The topological polar surface area (TPSA) is 88.7 Å². The Morgan fingerprint density at radius 1 is 1.07 bits per heavy atom. The van der Waals surface area contributed by atoms with Crippen LogP contribution >= 0.6 is 11.3 Å². The zero-order valence-corrected chi connectivity index (χ0v) is 23.6. The van der Waals surface area contributed by atoms with Crippen LogP contribution in [0, 0.1) is 13.8 Å². The molecule has 0 radical (unpaired) electrons. The highest BCUT2D eigenvalue weighted by Gasteiger charge is 2.43. The van der Waals surface area contributed by atoms with E-state index in [4.69, 9.17) is 14.2 Å². The van der Waals surface area contributed by atoms with Crippen molar-refractivity contribution in [2.75, 3.05) is 4.90 Å². The van der Waals surface area contributed by atoms with E-state index >= 15 is 0 Å². The summed E-state index contributed by atoms with van der Waals surface area (Å²) in [5.41, 5.74) is 7.33. The number of benzene rings is 2. The molecule has 1 N–H and O–H groups in total. The van der Waals surface area contributed by atoms with Gasteiger partial charge in [-0.05, 0) is 75.6 Å². The van der Waals surface area contributed by atoms with E-state index in [9.17, 15) is 9.90 Å². The molecule has 2 aliphatic heterocycles.